The van der Waals surface area contributed by atoms with Crippen molar-refractivity contribution in [2.75, 3.05) is 0 Å². The molecule has 1 heterocycles. The van der Waals surface area contributed by atoms with Crippen LogP contribution in [-0.2, 0) is 0 Å². The lowest BCUT2D eigenvalue weighted by Crippen LogP contribution is -2.12. The molecule has 0 aliphatic heterocycles. The standard InChI is InChI=1S/C11H18N2S/c1-7(2)5-9(12)11-13-10(6-14-11)8-3-4-8/h6-9H,3-5,12H2,1-2H3. The molecule has 1 unspecified atom stereocenters. The summed E-state index contributed by atoms with van der Waals surface area (Å²) in [6.07, 6.45) is 3.68. The normalized spacial score (nSPS) is 18.9. The van der Waals surface area contributed by atoms with E-state index in [0.29, 0.717) is 5.92 Å². The van der Waals surface area contributed by atoms with E-state index in [4.69, 9.17) is 5.73 Å². The first-order valence-electron chi connectivity index (χ1n) is 5.37. The molecule has 0 amide bonds. The number of thiazole rings is 1. The highest BCUT2D eigenvalue weighted by atomic mass is 32.1. The maximum Gasteiger partial charge on any atom is 0.110 e. The van der Waals surface area contributed by atoms with E-state index >= 15 is 0 Å². The van der Waals surface area contributed by atoms with Gasteiger partial charge in [0.2, 0.25) is 0 Å². The van der Waals surface area contributed by atoms with Crippen LogP contribution in [0.15, 0.2) is 5.38 Å². The molecule has 1 atom stereocenters. The van der Waals surface area contributed by atoms with Gasteiger partial charge in [0.05, 0.1) is 11.7 Å². The molecular formula is C11H18N2S. The van der Waals surface area contributed by atoms with Crippen molar-refractivity contribution in [3.63, 3.8) is 0 Å². The Morgan fingerprint density at radius 1 is 1.57 bits per heavy atom. The highest BCUT2D eigenvalue weighted by molar-refractivity contribution is 7.09. The molecule has 1 aromatic heterocycles. The number of nitrogens with two attached hydrogens (primary N) is 1. The molecule has 2 N–H and O–H groups in total. The van der Waals surface area contributed by atoms with Gasteiger partial charge in [0.1, 0.15) is 5.01 Å². The fourth-order valence-electron chi connectivity index (χ4n) is 1.65. The highest BCUT2D eigenvalue weighted by Gasteiger charge is 2.26. The second-order valence-corrected chi connectivity index (χ2v) is 5.51. The third-order valence-electron chi connectivity index (χ3n) is 2.58. The van der Waals surface area contributed by atoms with Gasteiger partial charge in [0.15, 0.2) is 0 Å². The van der Waals surface area contributed by atoms with Crippen LogP contribution in [0.25, 0.3) is 0 Å². The molecule has 0 saturated heterocycles. The molecule has 1 aliphatic rings. The minimum absolute atomic E-state index is 0.146. The largest absolute Gasteiger partial charge is 0.322 e. The van der Waals surface area contributed by atoms with Crippen LogP contribution in [-0.4, -0.2) is 4.98 Å². The molecule has 3 heteroatoms. The minimum Gasteiger partial charge on any atom is -0.322 e. The Bertz CT molecular complexity index is 302. The lowest BCUT2D eigenvalue weighted by Gasteiger charge is -2.10. The van der Waals surface area contributed by atoms with Crippen molar-refractivity contribution in [2.24, 2.45) is 11.7 Å². The fourth-order valence-corrected chi connectivity index (χ4v) is 2.56. The summed E-state index contributed by atoms with van der Waals surface area (Å²) in [7, 11) is 0. The second kappa shape index (κ2) is 3.99. The van der Waals surface area contributed by atoms with Gasteiger partial charge in [-0.2, -0.15) is 0 Å². The van der Waals surface area contributed by atoms with E-state index in [-0.39, 0.29) is 6.04 Å². The molecule has 1 aromatic rings. The van der Waals surface area contributed by atoms with Gasteiger partial charge in [-0.05, 0) is 25.2 Å². The Labute approximate surface area is 89.5 Å². The van der Waals surface area contributed by atoms with E-state index in [1.165, 1.54) is 18.5 Å². The molecule has 0 radical (unpaired) electrons. The summed E-state index contributed by atoms with van der Waals surface area (Å²) in [5.41, 5.74) is 7.36. The van der Waals surface area contributed by atoms with Crippen LogP contribution in [0.1, 0.15) is 55.8 Å². The smallest absolute Gasteiger partial charge is 0.110 e. The van der Waals surface area contributed by atoms with E-state index < -0.39 is 0 Å². The van der Waals surface area contributed by atoms with Crippen LogP contribution in [0.3, 0.4) is 0 Å². The average Bonchev–Trinajstić information content (AvgIpc) is 2.82. The Balaban J connectivity index is 2.00. The Morgan fingerprint density at radius 3 is 2.86 bits per heavy atom. The Hall–Kier alpha value is -0.410. The maximum atomic E-state index is 6.08. The van der Waals surface area contributed by atoms with Gasteiger partial charge in [-0.15, -0.1) is 11.3 Å². The molecule has 78 valence electrons. The van der Waals surface area contributed by atoms with Gasteiger partial charge in [-0.3, -0.25) is 0 Å². The van der Waals surface area contributed by atoms with Gasteiger partial charge in [-0.25, -0.2) is 4.98 Å². The van der Waals surface area contributed by atoms with Gasteiger partial charge in [-0.1, -0.05) is 13.8 Å². The molecule has 2 rings (SSSR count). The first-order valence-corrected chi connectivity index (χ1v) is 6.25. The summed E-state index contributed by atoms with van der Waals surface area (Å²) in [5, 5.41) is 3.31. The summed E-state index contributed by atoms with van der Waals surface area (Å²) in [5.74, 6) is 1.41. The van der Waals surface area contributed by atoms with Crippen molar-refractivity contribution < 1.29 is 0 Å². The summed E-state index contributed by atoms with van der Waals surface area (Å²) in [4.78, 5) is 4.62. The molecular weight excluding hydrogens is 192 g/mol. The van der Waals surface area contributed by atoms with Crippen molar-refractivity contribution >= 4 is 11.3 Å². The molecule has 0 spiro atoms. The van der Waals surface area contributed by atoms with Crippen LogP contribution in [0.5, 0.6) is 0 Å². The third-order valence-corrected chi connectivity index (χ3v) is 3.57. The van der Waals surface area contributed by atoms with Crippen LogP contribution in [0.2, 0.25) is 0 Å². The zero-order valence-electron chi connectivity index (χ0n) is 8.86. The van der Waals surface area contributed by atoms with E-state index in [2.05, 4.69) is 24.2 Å². The zero-order chi connectivity index (χ0) is 10.1. The number of hydrogen-bond donors (Lipinski definition) is 1. The third kappa shape index (κ3) is 2.34. The topological polar surface area (TPSA) is 38.9 Å². The number of rotatable bonds is 4. The van der Waals surface area contributed by atoms with Crippen molar-refractivity contribution in [1.82, 2.24) is 4.98 Å². The SMILES string of the molecule is CC(C)CC(N)c1nc(C2CC2)cs1. The van der Waals surface area contributed by atoms with E-state index in [9.17, 15) is 0 Å². The number of nitrogens with zero attached hydrogens (tertiary/aromatic N) is 1. The molecule has 0 aromatic carbocycles. The van der Waals surface area contributed by atoms with Crippen molar-refractivity contribution in [2.45, 2.75) is 45.1 Å². The van der Waals surface area contributed by atoms with Gasteiger partial charge >= 0.3 is 0 Å². The fraction of sp³-hybridized carbons (Fsp3) is 0.727. The summed E-state index contributed by atoms with van der Waals surface area (Å²) >= 11 is 1.73. The monoisotopic (exact) mass is 210 g/mol. The minimum atomic E-state index is 0.146. The molecule has 1 aliphatic carbocycles. The second-order valence-electron chi connectivity index (χ2n) is 4.62. The molecule has 1 saturated carbocycles. The van der Waals surface area contributed by atoms with E-state index in [1.807, 2.05) is 0 Å². The lowest BCUT2D eigenvalue weighted by atomic mass is 10.1. The van der Waals surface area contributed by atoms with E-state index in [0.717, 1.165) is 17.3 Å². The van der Waals surface area contributed by atoms with Crippen molar-refractivity contribution in [3.05, 3.63) is 16.1 Å². The van der Waals surface area contributed by atoms with Crippen LogP contribution in [0, 0.1) is 5.92 Å². The first kappa shape index (κ1) is 10.1. The molecule has 14 heavy (non-hydrogen) atoms. The Kier molecular flexibility index (Phi) is 2.88. The molecule has 1 fully saturated rings. The van der Waals surface area contributed by atoms with E-state index in [1.54, 1.807) is 11.3 Å². The lowest BCUT2D eigenvalue weighted by molar-refractivity contribution is 0.508. The van der Waals surface area contributed by atoms with Crippen molar-refractivity contribution in [1.29, 1.82) is 0 Å². The van der Waals surface area contributed by atoms with Crippen LogP contribution >= 0.6 is 11.3 Å². The summed E-state index contributed by atoms with van der Waals surface area (Å²) < 4.78 is 0. The number of hydrogen-bond acceptors (Lipinski definition) is 3. The molecule has 0 bridgehead atoms. The van der Waals surface area contributed by atoms with Gasteiger partial charge < -0.3 is 5.73 Å². The predicted molar refractivity (Wildman–Crippen MR) is 60.5 cm³/mol. The quantitative estimate of drug-likeness (QED) is 0.829. The average molecular weight is 210 g/mol. The van der Waals surface area contributed by atoms with Crippen LogP contribution < -0.4 is 5.73 Å². The number of aromatic nitrogens is 1. The molecule has 2 nitrogen and oxygen atoms in total. The Morgan fingerprint density at radius 2 is 2.29 bits per heavy atom. The van der Waals surface area contributed by atoms with Crippen LogP contribution in [0.4, 0.5) is 0 Å². The highest BCUT2D eigenvalue weighted by Crippen LogP contribution is 2.40. The predicted octanol–water partition coefficient (Wildman–Crippen LogP) is 3.07. The van der Waals surface area contributed by atoms with Crippen molar-refractivity contribution in [3.8, 4) is 0 Å². The zero-order valence-corrected chi connectivity index (χ0v) is 9.68. The maximum absolute atomic E-state index is 6.08. The first-order chi connectivity index (χ1) is 6.66. The summed E-state index contributed by atoms with van der Waals surface area (Å²) in [6.45, 7) is 4.41. The van der Waals surface area contributed by atoms with Gasteiger partial charge in [0, 0.05) is 11.3 Å². The summed E-state index contributed by atoms with van der Waals surface area (Å²) in [6, 6.07) is 0.146. The van der Waals surface area contributed by atoms with Gasteiger partial charge in [0.25, 0.3) is 0 Å².